The van der Waals surface area contributed by atoms with Gasteiger partial charge in [-0.05, 0) is 0 Å². The van der Waals surface area contributed by atoms with Gasteiger partial charge in [0.05, 0.1) is 0 Å². The summed E-state index contributed by atoms with van der Waals surface area (Å²) >= 11 is 4.85. The average molecular weight is 687 g/mol. The zero-order valence-electron chi connectivity index (χ0n) is 22.6. The number of fused-ring (bicyclic) bond motifs is 14. The van der Waals surface area contributed by atoms with Crippen LogP contribution < -0.4 is 21.8 Å². The fourth-order valence-electron chi connectivity index (χ4n) is 7.28. The van der Waals surface area contributed by atoms with E-state index >= 15 is 0 Å². The van der Waals surface area contributed by atoms with Gasteiger partial charge < -0.3 is 0 Å². The summed E-state index contributed by atoms with van der Waals surface area (Å²) in [4.78, 5) is 7.44. The standard InChI is InChI=1S/C33H26ClIN5S/c1-3-33(4-2)35(40-31(36-32(34)37-40)26-14-9-10-20-38(26)33)23-17-19-28-29(22-12-6-8-15-27(22)41-28)30(23)25-18-16-21-11-5-7-13-24(21)39(25)35/h5-20H,3-4H2,1-2H3/q+1. The monoisotopic (exact) mass is 686 g/mol. The Morgan fingerprint density at radius 1 is 0.927 bits per heavy atom. The van der Waals surface area contributed by atoms with Crippen molar-refractivity contribution in [2.75, 3.05) is 0 Å². The number of pyridine rings is 1. The normalized spacial score (nSPS) is 23.0. The molecule has 4 aliphatic rings. The number of nitrogens with zero attached hydrogens (tertiary/aromatic N) is 5. The Morgan fingerprint density at radius 2 is 1.76 bits per heavy atom. The van der Waals surface area contributed by atoms with Crippen LogP contribution >= 0.6 is 22.9 Å². The summed E-state index contributed by atoms with van der Waals surface area (Å²) < 4.78 is 8.89. The molecule has 202 valence electrons. The number of thiophene rings is 1. The molecular weight excluding hydrogens is 661 g/mol. The summed E-state index contributed by atoms with van der Waals surface area (Å²) in [7, 11) is 0. The number of rotatable bonds is 2. The van der Waals surface area contributed by atoms with E-state index in [2.05, 4.69) is 122 Å². The molecule has 8 heteroatoms. The molecule has 0 aliphatic carbocycles. The minimum absolute atomic E-state index is 0.235. The number of azo groups is 1. The van der Waals surface area contributed by atoms with E-state index in [1.807, 2.05) is 11.3 Å². The van der Waals surface area contributed by atoms with E-state index in [1.54, 1.807) is 0 Å². The van der Waals surface area contributed by atoms with Crippen LogP contribution in [0.2, 0.25) is 0 Å². The fourth-order valence-corrected chi connectivity index (χ4v) is 22.1. The summed E-state index contributed by atoms with van der Waals surface area (Å²) in [5, 5.41) is 9.34. The Balaban J connectivity index is 1.57. The predicted molar refractivity (Wildman–Crippen MR) is 163 cm³/mol. The second-order valence-electron chi connectivity index (χ2n) is 10.6. The molecule has 3 aromatic carbocycles. The number of alkyl halides is 1. The van der Waals surface area contributed by atoms with Crippen molar-refractivity contribution in [1.29, 1.82) is 0 Å². The van der Waals surface area contributed by atoms with Gasteiger partial charge in [0, 0.05) is 0 Å². The molecule has 6 heterocycles. The molecule has 0 amide bonds. The first kappa shape index (κ1) is 24.2. The molecule has 0 saturated carbocycles. The van der Waals surface area contributed by atoms with Crippen molar-refractivity contribution < 1.29 is 24.7 Å². The van der Waals surface area contributed by atoms with Crippen LogP contribution in [0.1, 0.15) is 26.7 Å². The van der Waals surface area contributed by atoms with Crippen LogP contribution in [0.3, 0.4) is 0 Å². The molecule has 0 fully saturated rings. The molecule has 5 nitrogen and oxygen atoms in total. The van der Waals surface area contributed by atoms with Crippen LogP contribution in [0, 0.1) is 3.57 Å². The van der Waals surface area contributed by atoms with Gasteiger partial charge in [0.25, 0.3) is 0 Å². The molecule has 4 aliphatic heterocycles. The van der Waals surface area contributed by atoms with Crippen LogP contribution in [-0.2, 0) is 0 Å². The third-order valence-corrected chi connectivity index (χ3v) is 22.0. The number of hydrogen-bond acceptors (Lipinski definition) is 4. The zero-order valence-corrected chi connectivity index (χ0v) is 26.3. The van der Waals surface area contributed by atoms with Crippen LogP contribution in [0.5, 0.6) is 0 Å². The van der Waals surface area contributed by atoms with Gasteiger partial charge in [0.2, 0.25) is 0 Å². The summed E-state index contributed by atoms with van der Waals surface area (Å²) in [6, 6.07) is 27.1. The van der Waals surface area contributed by atoms with E-state index in [-0.39, 0.29) is 3.55 Å². The van der Waals surface area contributed by atoms with Crippen LogP contribution in [0.15, 0.2) is 119 Å². The molecule has 1 unspecified atom stereocenters. The van der Waals surface area contributed by atoms with Crippen molar-refractivity contribution in [3.05, 3.63) is 112 Å². The van der Waals surface area contributed by atoms with Gasteiger partial charge in [0.1, 0.15) is 0 Å². The van der Waals surface area contributed by atoms with Crippen molar-refractivity contribution >= 4 is 59.3 Å². The van der Waals surface area contributed by atoms with E-state index in [0.29, 0.717) is 5.29 Å². The number of aromatic nitrogens is 1. The molecule has 0 saturated heterocycles. The van der Waals surface area contributed by atoms with Crippen molar-refractivity contribution in [3.8, 4) is 11.3 Å². The molecule has 0 N–H and O–H groups in total. The van der Waals surface area contributed by atoms with E-state index in [4.69, 9.17) is 21.7 Å². The summed E-state index contributed by atoms with van der Waals surface area (Å²) in [6.07, 6.45) is 10.6. The number of halogens is 2. The third kappa shape index (κ3) is 2.73. The van der Waals surface area contributed by atoms with E-state index in [0.717, 1.165) is 24.4 Å². The Kier molecular flexibility index (Phi) is 4.92. The van der Waals surface area contributed by atoms with E-state index in [1.165, 1.54) is 45.9 Å². The number of allylic oxidation sites excluding steroid dienone is 3. The quantitative estimate of drug-likeness (QED) is 0.107. The van der Waals surface area contributed by atoms with Crippen molar-refractivity contribution in [1.82, 2.24) is 4.90 Å². The van der Waals surface area contributed by atoms with Gasteiger partial charge in [-0.2, -0.15) is 0 Å². The number of para-hydroxylation sites is 1. The Hall–Kier alpha value is -3.40. The number of aliphatic imine (C=N–C) groups is 1. The maximum atomic E-state index is 6.76. The molecule has 9 rings (SSSR count). The summed E-state index contributed by atoms with van der Waals surface area (Å²) in [6.45, 7) is 4.70. The predicted octanol–water partition coefficient (Wildman–Crippen LogP) is 5.34. The topological polar surface area (TPSA) is 34.9 Å². The van der Waals surface area contributed by atoms with Crippen LogP contribution in [-0.4, -0.2) is 16.7 Å². The first-order valence-corrected chi connectivity index (χ1v) is 19.2. The maximum absolute atomic E-state index is 6.76. The second-order valence-corrected chi connectivity index (χ2v) is 20.0. The first-order chi connectivity index (χ1) is 20.1. The molecule has 1 atom stereocenters. The Morgan fingerprint density at radius 3 is 2.63 bits per heavy atom. The van der Waals surface area contributed by atoms with Gasteiger partial charge in [-0.25, -0.2) is 0 Å². The van der Waals surface area contributed by atoms with Crippen LogP contribution in [0.4, 0.5) is 0 Å². The SMILES string of the molecule is CCC1(CC)N2C=CC=CC2=C2N=C(Cl)N=[N+]2[I-]12c1ccc3sc4ccccc4c3c1-c1ccc3ccccc3[n+]12. The average Bonchev–Trinajstić information content (AvgIpc) is 3.68. The minimum atomic E-state index is -3.78. The Bertz CT molecular complexity index is 2170. The zero-order chi connectivity index (χ0) is 27.5. The van der Waals surface area contributed by atoms with E-state index in [9.17, 15) is 0 Å². The number of amidine groups is 1. The van der Waals surface area contributed by atoms with Crippen molar-refractivity contribution in [2.45, 2.75) is 30.2 Å². The van der Waals surface area contributed by atoms with Crippen LogP contribution in [0.25, 0.3) is 42.3 Å². The van der Waals surface area contributed by atoms with Gasteiger partial charge >= 0.3 is 253 Å². The molecule has 0 bridgehead atoms. The summed E-state index contributed by atoms with van der Waals surface area (Å²) in [5.74, 6) is 0.860. The molecule has 2 aromatic heterocycles. The van der Waals surface area contributed by atoms with Crippen molar-refractivity contribution in [2.24, 2.45) is 10.1 Å². The molecule has 1 spiro atoms. The third-order valence-electron chi connectivity index (χ3n) is 8.93. The molecular formula is C33H26ClIN5S+. The van der Waals surface area contributed by atoms with Crippen molar-refractivity contribution in [3.63, 3.8) is 0 Å². The number of hydrogen-bond donors (Lipinski definition) is 0. The van der Waals surface area contributed by atoms with Gasteiger partial charge in [-0.3, -0.25) is 0 Å². The molecule has 0 radical (unpaired) electrons. The van der Waals surface area contributed by atoms with Gasteiger partial charge in [-0.15, -0.1) is 0 Å². The van der Waals surface area contributed by atoms with Gasteiger partial charge in [0.15, 0.2) is 0 Å². The Labute approximate surface area is 251 Å². The first-order valence-electron chi connectivity index (χ1n) is 13.9. The summed E-state index contributed by atoms with van der Waals surface area (Å²) in [5.41, 5.74) is 4.94. The number of benzene rings is 3. The molecule has 5 aromatic rings. The van der Waals surface area contributed by atoms with Gasteiger partial charge in [-0.1, -0.05) is 0 Å². The molecule has 41 heavy (non-hydrogen) atoms. The van der Waals surface area contributed by atoms with E-state index < -0.39 is 19.0 Å². The fraction of sp³-hybridized carbons (Fsp3) is 0.152. The second kappa shape index (κ2) is 8.33.